The predicted molar refractivity (Wildman–Crippen MR) is 66.9 cm³/mol. The molecule has 0 unspecified atom stereocenters. The van der Waals surface area contributed by atoms with Crippen LogP contribution in [0, 0.1) is 0 Å². The van der Waals surface area contributed by atoms with E-state index in [0.717, 1.165) is 16.9 Å². The highest BCUT2D eigenvalue weighted by Gasteiger charge is 2.05. The van der Waals surface area contributed by atoms with Crippen molar-refractivity contribution in [3.05, 3.63) is 54.1 Å². The molecule has 1 amide bonds. The summed E-state index contributed by atoms with van der Waals surface area (Å²) in [7, 11) is 1.64. The molecule has 0 spiro atoms. The van der Waals surface area contributed by atoms with Crippen molar-refractivity contribution in [2.45, 2.75) is 0 Å². The van der Waals surface area contributed by atoms with E-state index in [1.165, 1.54) is 0 Å². The number of hydrogen-bond acceptors (Lipinski definition) is 2. The first kappa shape index (κ1) is 11.2. The van der Waals surface area contributed by atoms with Gasteiger partial charge in [0, 0.05) is 11.1 Å². The van der Waals surface area contributed by atoms with Gasteiger partial charge in [0.15, 0.2) is 0 Å². The standard InChI is InChI=1S/C14H13NO2/c1-17-13-5-3-2-4-12(13)10-6-8-11(9-7-10)14(15)16/h2-9H,1H3,(H2,15,16). The Kier molecular flexibility index (Phi) is 3.10. The van der Waals surface area contributed by atoms with Crippen LogP contribution < -0.4 is 10.5 Å². The molecule has 0 saturated heterocycles. The topological polar surface area (TPSA) is 52.3 Å². The SMILES string of the molecule is COc1ccccc1-c1ccc(C(N)=O)cc1. The molecule has 2 N–H and O–H groups in total. The molecule has 2 rings (SSSR count). The highest BCUT2D eigenvalue weighted by molar-refractivity contribution is 5.93. The Morgan fingerprint density at radius 1 is 1.06 bits per heavy atom. The molecule has 0 heterocycles. The van der Waals surface area contributed by atoms with Gasteiger partial charge in [0.05, 0.1) is 7.11 Å². The number of carbonyl (C=O) groups excluding carboxylic acids is 1. The lowest BCUT2D eigenvalue weighted by molar-refractivity contribution is 0.100. The summed E-state index contributed by atoms with van der Waals surface area (Å²) in [6.45, 7) is 0. The molecule has 0 aliphatic heterocycles. The molecule has 3 heteroatoms. The second kappa shape index (κ2) is 4.70. The first-order valence-corrected chi connectivity index (χ1v) is 5.25. The fourth-order valence-corrected chi connectivity index (χ4v) is 1.70. The fraction of sp³-hybridized carbons (Fsp3) is 0.0714. The number of nitrogens with two attached hydrogens (primary N) is 1. The summed E-state index contributed by atoms with van der Waals surface area (Å²) >= 11 is 0. The summed E-state index contributed by atoms with van der Waals surface area (Å²) in [5.41, 5.74) is 7.68. The van der Waals surface area contributed by atoms with Gasteiger partial charge in [-0.25, -0.2) is 0 Å². The first-order valence-electron chi connectivity index (χ1n) is 5.25. The Hall–Kier alpha value is -2.29. The third kappa shape index (κ3) is 2.28. The van der Waals surface area contributed by atoms with Crippen LogP contribution in [-0.4, -0.2) is 13.0 Å². The minimum atomic E-state index is -0.420. The second-order valence-corrected chi connectivity index (χ2v) is 3.64. The van der Waals surface area contributed by atoms with Crippen molar-refractivity contribution in [1.29, 1.82) is 0 Å². The molecule has 0 radical (unpaired) electrons. The quantitative estimate of drug-likeness (QED) is 0.875. The van der Waals surface area contributed by atoms with Gasteiger partial charge in [-0.1, -0.05) is 30.3 Å². The third-order valence-corrected chi connectivity index (χ3v) is 2.59. The molecule has 0 aromatic heterocycles. The number of rotatable bonds is 3. The average Bonchev–Trinajstić information content (AvgIpc) is 2.39. The molecular weight excluding hydrogens is 214 g/mol. The van der Waals surface area contributed by atoms with Crippen molar-refractivity contribution < 1.29 is 9.53 Å². The molecule has 2 aromatic carbocycles. The molecule has 0 bridgehead atoms. The monoisotopic (exact) mass is 227 g/mol. The molecule has 3 nitrogen and oxygen atoms in total. The predicted octanol–water partition coefficient (Wildman–Crippen LogP) is 2.46. The van der Waals surface area contributed by atoms with Crippen LogP contribution in [0.4, 0.5) is 0 Å². The van der Waals surface area contributed by atoms with Crippen molar-refractivity contribution in [1.82, 2.24) is 0 Å². The van der Waals surface area contributed by atoms with Crippen molar-refractivity contribution >= 4 is 5.91 Å². The van der Waals surface area contributed by atoms with Crippen molar-refractivity contribution in [3.8, 4) is 16.9 Å². The van der Waals surface area contributed by atoms with Gasteiger partial charge in [0.25, 0.3) is 0 Å². The van der Waals surface area contributed by atoms with Crippen molar-refractivity contribution in [2.24, 2.45) is 5.73 Å². The lowest BCUT2D eigenvalue weighted by atomic mass is 10.0. The van der Waals surface area contributed by atoms with Gasteiger partial charge < -0.3 is 10.5 Å². The third-order valence-electron chi connectivity index (χ3n) is 2.59. The van der Waals surface area contributed by atoms with Gasteiger partial charge in [-0.05, 0) is 23.8 Å². The van der Waals surface area contributed by atoms with Crippen LogP contribution in [-0.2, 0) is 0 Å². The summed E-state index contributed by atoms with van der Waals surface area (Å²) in [4.78, 5) is 11.0. The van der Waals surface area contributed by atoms with Crippen LogP contribution in [0.3, 0.4) is 0 Å². The minimum Gasteiger partial charge on any atom is -0.496 e. The van der Waals surface area contributed by atoms with Gasteiger partial charge >= 0.3 is 0 Å². The van der Waals surface area contributed by atoms with Crippen molar-refractivity contribution in [3.63, 3.8) is 0 Å². The van der Waals surface area contributed by atoms with E-state index in [1.54, 1.807) is 19.2 Å². The average molecular weight is 227 g/mol. The summed E-state index contributed by atoms with van der Waals surface area (Å²) < 4.78 is 5.29. The maximum Gasteiger partial charge on any atom is 0.248 e. The normalized spacial score (nSPS) is 9.94. The molecule has 2 aromatic rings. The highest BCUT2D eigenvalue weighted by Crippen LogP contribution is 2.29. The van der Waals surface area contributed by atoms with E-state index < -0.39 is 5.91 Å². The zero-order chi connectivity index (χ0) is 12.3. The first-order chi connectivity index (χ1) is 8.22. The summed E-state index contributed by atoms with van der Waals surface area (Å²) in [6.07, 6.45) is 0. The van der Waals surface area contributed by atoms with Gasteiger partial charge in [0.1, 0.15) is 5.75 Å². The van der Waals surface area contributed by atoms with E-state index in [-0.39, 0.29) is 0 Å². The van der Waals surface area contributed by atoms with Gasteiger partial charge in [-0.15, -0.1) is 0 Å². The molecule has 86 valence electrons. The Labute approximate surface area is 99.8 Å². The highest BCUT2D eigenvalue weighted by atomic mass is 16.5. The van der Waals surface area contributed by atoms with E-state index in [1.807, 2.05) is 36.4 Å². The number of amides is 1. The van der Waals surface area contributed by atoms with Crippen LogP contribution in [0.25, 0.3) is 11.1 Å². The van der Waals surface area contributed by atoms with Crippen LogP contribution in [0.15, 0.2) is 48.5 Å². The number of para-hydroxylation sites is 1. The van der Waals surface area contributed by atoms with Crippen LogP contribution in [0.1, 0.15) is 10.4 Å². The lowest BCUT2D eigenvalue weighted by Crippen LogP contribution is -2.10. The summed E-state index contributed by atoms with van der Waals surface area (Å²) in [5.74, 6) is 0.385. The van der Waals surface area contributed by atoms with E-state index >= 15 is 0 Å². The maximum atomic E-state index is 11.0. The zero-order valence-electron chi connectivity index (χ0n) is 9.51. The molecule has 0 atom stereocenters. The zero-order valence-corrected chi connectivity index (χ0v) is 9.51. The van der Waals surface area contributed by atoms with E-state index in [0.29, 0.717) is 5.56 Å². The second-order valence-electron chi connectivity index (χ2n) is 3.64. The summed E-state index contributed by atoms with van der Waals surface area (Å²) in [5, 5.41) is 0. The molecule has 0 saturated carbocycles. The van der Waals surface area contributed by atoms with Gasteiger partial charge in [-0.2, -0.15) is 0 Å². The van der Waals surface area contributed by atoms with E-state index in [4.69, 9.17) is 10.5 Å². The van der Waals surface area contributed by atoms with Crippen LogP contribution in [0.5, 0.6) is 5.75 Å². The van der Waals surface area contributed by atoms with E-state index in [9.17, 15) is 4.79 Å². The Bertz CT molecular complexity index is 532. The van der Waals surface area contributed by atoms with E-state index in [2.05, 4.69) is 0 Å². The van der Waals surface area contributed by atoms with Gasteiger partial charge in [0.2, 0.25) is 5.91 Å². The largest absolute Gasteiger partial charge is 0.496 e. The van der Waals surface area contributed by atoms with Crippen LogP contribution in [0.2, 0.25) is 0 Å². The van der Waals surface area contributed by atoms with Crippen LogP contribution >= 0.6 is 0 Å². The fourth-order valence-electron chi connectivity index (χ4n) is 1.70. The number of hydrogen-bond donors (Lipinski definition) is 1. The molecule has 0 aliphatic rings. The molecule has 0 fully saturated rings. The number of ether oxygens (including phenoxy) is 1. The minimum absolute atomic E-state index is 0.420. The molecule has 0 aliphatic carbocycles. The van der Waals surface area contributed by atoms with Crippen molar-refractivity contribution in [2.75, 3.05) is 7.11 Å². The molecular formula is C14H13NO2. The maximum absolute atomic E-state index is 11.0. The number of benzene rings is 2. The number of methoxy groups -OCH3 is 1. The lowest BCUT2D eigenvalue weighted by Gasteiger charge is -2.08. The smallest absolute Gasteiger partial charge is 0.248 e. The summed E-state index contributed by atoms with van der Waals surface area (Å²) in [6, 6.07) is 14.9. The Balaban J connectivity index is 2.43. The number of primary amides is 1. The number of carbonyl (C=O) groups is 1. The molecule has 17 heavy (non-hydrogen) atoms. The Morgan fingerprint density at radius 3 is 2.29 bits per heavy atom. The Morgan fingerprint density at radius 2 is 1.71 bits per heavy atom. The van der Waals surface area contributed by atoms with Gasteiger partial charge in [-0.3, -0.25) is 4.79 Å².